The molecule has 0 spiro atoms. The zero-order valence-electron chi connectivity index (χ0n) is 6.11. The first-order valence-corrected chi connectivity index (χ1v) is 4.56. The molecule has 1 nitrogen and oxygen atoms in total. The molecule has 1 aliphatic heterocycles. The Bertz CT molecular complexity index is 127. The quantitative estimate of drug-likeness (QED) is 0.454. The van der Waals surface area contributed by atoms with E-state index in [0.29, 0.717) is 11.5 Å². The average Bonchev–Trinajstić information content (AvgIpc) is 2.83. The van der Waals surface area contributed by atoms with Gasteiger partial charge in [-0.1, -0.05) is 0 Å². The summed E-state index contributed by atoms with van der Waals surface area (Å²) in [6, 6.07) is 0. The molecule has 1 aliphatic carbocycles. The van der Waals surface area contributed by atoms with Crippen molar-refractivity contribution < 1.29 is 4.74 Å². The maximum atomic E-state index is 5.82. The van der Waals surface area contributed by atoms with E-state index in [1.807, 2.05) is 0 Å². The van der Waals surface area contributed by atoms with Crippen LogP contribution >= 0.6 is 11.6 Å². The molecule has 0 N–H and O–H groups in total. The molecule has 0 aromatic carbocycles. The molecular weight excluding hydrogens is 148 g/mol. The van der Waals surface area contributed by atoms with Crippen molar-refractivity contribution >= 4 is 11.6 Å². The van der Waals surface area contributed by atoms with Gasteiger partial charge in [-0.15, -0.1) is 11.6 Å². The minimum Gasteiger partial charge on any atom is -0.373 e. The van der Waals surface area contributed by atoms with E-state index in [0.717, 1.165) is 12.5 Å². The smallest absolute Gasteiger partial charge is 0.0810 e. The minimum atomic E-state index is 0.549. The molecule has 0 aromatic heterocycles. The van der Waals surface area contributed by atoms with Crippen molar-refractivity contribution in [3.05, 3.63) is 0 Å². The molecule has 58 valence electrons. The Morgan fingerprint density at radius 1 is 1.50 bits per heavy atom. The van der Waals surface area contributed by atoms with Gasteiger partial charge in [0.1, 0.15) is 0 Å². The van der Waals surface area contributed by atoms with Crippen molar-refractivity contribution in [2.45, 2.75) is 31.8 Å². The number of rotatable bonds is 4. The van der Waals surface area contributed by atoms with Crippen LogP contribution in [-0.4, -0.2) is 18.6 Å². The fourth-order valence-electron chi connectivity index (χ4n) is 1.33. The summed E-state index contributed by atoms with van der Waals surface area (Å²) >= 11 is 5.82. The van der Waals surface area contributed by atoms with Gasteiger partial charge in [0, 0.05) is 5.88 Å². The van der Waals surface area contributed by atoms with E-state index < -0.39 is 0 Å². The average molecular weight is 161 g/mol. The highest BCUT2D eigenvalue weighted by Crippen LogP contribution is 2.51. The van der Waals surface area contributed by atoms with Crippen LogP contribution in [0.25, 0.3) is 0 Å². The summed E-state index contributed by atoms with van der Waals surface area (Å²) in [7, 11) is 0. The molecule has 1 saturated carbocycles. The maximum Gasteiger partial charge on any atom is 0.0810 e. The van der Waals surface area contributed by atoms with Crippen molar-refractivity contribution in [3.8, 4) is 0 Å². The second kappa shape index (κ2) is 2.38. The topological polar surface area (TPSA) is 12.5 Å². The number of epoxide rings is 1. The number of alkyl halides is 1. The van der Waals surface area contributed by atoms with E-state index in [1.54, 1.807) is 0 Å². The van der Waals surface area contributed by atoms with Crippen LogP contribution in [0.2, 0.25) is 0 Å². The van der Waals surface area contributed by atoms with Gasteiger partial charge in [0.25, 0.3) is 0 Å². The first-order valence-electron chi connectivity index (χ1n) is 4.02. The van der Waals surface area contributed by atoms with Crippen LogP contribution in [0, 0.1) is 5.41 Å². The fourth-order valence-corrected chi connectivity index (χ4v) is 1.73. The lowest BCUT2D eigenvalue weighted by molar-refractivity contribution is 0.368. The Labute approximate surface area is 66.7 Å². The largest absolute Gasteiger partial charge is 0.373 e. The van der Waals surface area contributed by atoms with Gasteiger partial charge in [0.2, 0.25) is 0 Å². The van der Waals surface area contributed by atoms with Gasteiger partial charge in [0.05, 0.1) is 12.7 Å². The third-order valence-corrected chi connectivity index (χ3v) is 3.21. The van der Waals surface area contributed by atoms with Crippen LogP contribution in [0.3, 0.4) is 0 Å². The Morgan fingerprint density at radius 3 is 2.60 bits per heavy atom. The second-order valence-electron chi connectivity index (χ2n) is 3.63. The molecule has 10 heavy (non-hydrogen) atoms. The van der Waals surface area contributed by atoms with E-state index in [-0.39, 0.29) is 0 Å². The highest BCUT2D eigenvalue weighted by atomic mass is 35.5. The summed E-state index contributed by atoms with van der Waals surface area (Å²) in [5.41, 5.74) is 0.549. The summed E-state index contributed by atoms with van der Waals surface area (Å²) in [5.74, 6) is 0.861. The van der Waals surface area contributed by atoms with E-state index in [1.165, 1.54) is 25.7 Å². The number of halogens is 1. The van der Waals surface area contributed by atoms with Crippen LogP contribution < -0.4 is 0 Å². The first kappa shape index (κ1) is 6.93. The lowest BCUT2D eigenvalue weighted by atomic mass is 10.0. The lowest BCUT2D eigenvalue weighted by Gasteiger charge is -2.07. The van der Waals surface area contributed by atoms with E-state index in [4.69, 9.17) is 16.3 Å². The normalized spacial score (nSPS) is 33.9. The first-order chi connectivity index (χ1) is 4.85. The van der Waals surface area contributed by atoms with Crippen molar-refractivity contribution in [2.24, 2.45) is 5.41 Å². The summed E-state index contributed by atoms with van der Waals surface area (Å²) in [6.45, 7) is 0.998. The van der Waals surface area contributed by atoms with Crippen molar-refractivity contribution in [1.82, 2.24) is 0 Å². The number of ether oxygens (including phenoxy) is 1. The maximum absolute atomic E-state index is 5.82. The highest BCUT2D eigenvalue weighted by Gasteiger charge is 2.42. The molecule has 0 radical (unpaired) electrons. The predicted molar refractivity (Wildman–Crippen MR) is 41.4 cm³/mol. The molecule has 1 saturated heterocycles. The summed E-state index contributed by atoms with van der Waals surface area (Å²) in [5, 5.41) is 0. The van der Waals surface area contributed by atoms with Crippen LogP contribution in [-0.2, 0) is 4.74 Å². The van der Waals surface area contributed by atoms with Gasteiger partial charge < -0.3 is 4.74 Å². The third-order valence-electron chi connectivity index (χ3n) is 2.64. The van der Waals surface area contributed by atoms with Gasteiger partial charge in [-0.25, -0.2) is 0 Å². The van der Waals surface area contributed by atoms with Crippen LogP contribution in [0.5, 0.6) is 0 Å². The predicted octanol–water partition coefficient (Wildman–Crippen LogP) is 2.18. The van der Waals surface area contributed by atoms with Crippen LogP contribution in [0.15, 0.2) is 0 Å². The lowest BCUT2D eigenvalue weighted by Crippen LogP contribution is -2.03. The fraction of sp³-hybridized carbons (Fsp3) is 1.00. The molecule has 0 amide bonds. The van der Waals surface area contributed by atoms with Crippen LogP contribution in [0.1, 0.15) is 25.7 Å². The number of hydrogen-bond donors (Lipinski definition) is 0. The molecule has 0 bridgehead atoms. The Kier molecular flexibility index (Phi) is 1.65. The molecule has 2 rings (SSSR count). The van der Waals surface area contributed by atoms with Gasteiger partial charge in [0.15, 0.2) is 0 Å². The molecule has 1 atom stereocenters. The van der Waals surface area contributed by atoms with E-state index in [2.05, 4.69) is 0 Å². The molecular formula is C8H13ClO. The number of hydrogen-bond acceptors (Lipinski definition) is 1. The highest BCUT2D eigenvalue weighted by molar-refractivity contribution is 6.18. The van der Waals surface area contributed by atoms with Gasteiger partial charge in [-0.2, -0.15) is 0 Å². The monoisotopic (exact) mass is 160 g/mol. The molecule has 1 heterocycles. The van der Waals surface area contributed by atoms with Crippen LogP contribution in [0.4, 0.5) is 0 Å². The summed E-state index contributed by atoms with van der Waals surface area (Å²) in [4.78, 5) is 0. The molecule has 2 fully saturated rings. The van der Waals surface area contributed by atoms with Gasteiger partial charge >= 0.3 is 0 Å². The summed E-state index contributed by atoms with van der Waals surface area (Å²) in [6.07, 6.45) is 5.83. The zero-order chi connectivity index (χ0) is 7.03. The standard InChI is InChI=1S/C8H13ClO/c9-6-8(3-4-8)2-1-7-5-10-7/h7H,1-6H2. The third kappa shape index (κ3) is 1.46. The Balaban J connectivity index is 1.68. The van der Waals surface area contributed by atoms with Gasteiger partial charge in [-0.3, -0.25) is 0 Å². The van der Waals surface area contributed by atoms with Crippen molar-refractivity contribution in [2.75, 3.05) is 12.5 Å². The Hall–Kier alpha value is 0.250. The zero-order valence-corrected chi connectivity index (χ0v) is 6.86. The van der Waals surface area contributed by atoms with Gasteiger partial charge in [-0.05, 0) is 31.1 Å². The SMILES string of the molecule is ClCC1(CCC2CO2)CC1. The molecule has 2 aliphatic rings. The summed E-state index contributed by atoms with van der Waals surface area (Å²) < 4.78 is 5.13. The molecule has 2 heteroatoms. The second-order valence-corrected chi connectivity index (χ2v) is 3.89. The molecule has 1 unspecified atom stereocenters. The minimum absolute atomic E-state index is 0.549. The Morgan fingerprint density at radius 2 is 2.20 bits per heavy atom. The van der Waals surface area contributed by atoms with E-state index in [9.17, 15) is 0 Å². The molecule has 0 aromatic rings. The van der Waals surface area contributed by atoms with Crippen molar-refractivity contribution in [3.63, 3.8) is 0 Å². The van der Waals surface area contributed by atoms with Crippen molar-refractivity contribution in [1.29, 1.82) is 0 Å². The van der Waals surface area contributed by atoms with E-state index >= 15 is 0 Å².